The highest BCUT2D eigenvalue weighted by Gasteiger charge is 2.18. The molecule has 0 amide bonds. The zero-order chi connectivity index (χ0) is 14.6. The van der Waals surface area contributed by atoms with Gasteiger partial charge in [0, 0.05) is 11.4 Å². The number of hydrogen-bond acceptors (Lipinski definition) is 3. The van der Waals surface area contributed by atoms with E-state index in [9.17, 15) is 8.42 Å². The molecule has 2 rings (SSSR count). The summed E-state index contributed by atoms with van der Waals surface area (Å²) in [7, 11) is -3.11. The molecule has 1 unspecified atom stereocenters. The molecule has 0 fully saturated rings. The van der Waals surface area contributed by atoms with Crippen molar-refractivity contribution in [3.8, 4) is 0 Å². The minimum atomic E-state index is -3.11. The van der Waals surface area contributed by atoms with Crippen LogP contribution in [0.25, 0.3) is 5.57 Å². The van der Waals surface area contributed by atoms with Gasteiger partial charge in [-0.1, -0.05) is 12.1 Å². The Labute approximate surface area is 126 Å². The molecule has 1 aromatic heterocycles. The fourth-order valence-corrected chi connectivity index (χ4v) is 3.94. The average Bonchev–Trinajstić information content (AvgIpc) is 2.93. The first kappa shape index (κ1) is 15.7. The van der Waals surface area contributed by atoms with E-state index in [-0.39, 0.29) is 5.25 Å². The first-order valence-corrected chi connectivity index (χ1v) is 9.63. The van der Waals surface area contributed by atoms with Crippen molar-refractivity contribution in [2.45, 2.75) is 44.8 Å². The molecule has 0 aliphatic heterocycles. The van der Waals surface area contributed by atoms with E-state index in [0.29, 0.717) is 12.5 Å². The Morgan fingerprint density at radius 1 is 1.45 bits per heavy atom. The smallest absolute Gasteiger partial charge is 0.213 e. The number of sulfonamides is 1. The van der Waals surface area contributed by atoms with Gasteiger partial charge < -0.3 is 0 Å². The van der Waals surface area contributed by atoms with Crippen LogP contribution in [0, 0.1) is 5.92 Å². The molecule has 1 aromatic rings. The Balaban J connectivity index is 1.78. The van der Waals surface area contributed by atoms with Crippen molar-refractivity contribution in [2.24, 2.45) is 5.92 Å². The van der Waals surface area contributed by atoms with Gasteiger partial charge >= 0.3 is 0 Å². The van der Waals surface area contributed by atoms with Crippen LogP contribution in [0.4, 0.5) is 0 Å². The zero-order valence-electron chi connectivity index (χ0n) is 12.1. The lowest BCUT2D eigenvalue weighted by Gasteiger charge is -2.21. The van der Waals surface area contributed by atoms with Gasteiger partial charge in [-0.3, -0.25) is 0 Å². The van der Waals surface area contributed by atoms with E-state index < -0.39 is 10.0 Å². The molecule has 0 saturated carbocycles. The highest BCUT2D eigenvalue weighted by atomic mass is 32.2. The molecule has 0 aromatic carbocycles. The van der Waals surface area contributed by atoms with Crippen molar-refractivity contribution >= 4 is 26.9 Å². The minimum Gasteiger partial charge on any atom is -0.215 e. The van der Waals surface area contributed by atoms with Crippen LogP contribution in [0.15, 0.2) is 23.6 Å². The van der Waals surface area contributed by atoms with Gasteiger partial charge in [0.15, 0.2) is 0 Å². The van der Waals surface area contributed by atoms with Gasteiger partial charge in [-0.05, 0) is 62.5 Å². The van der Waals surface area contributed by atoms with Crippen LogP contribution >= 0.6 is 11.3 Å². The van der Waals surface area contributed by atoms with Crippen LogP contribution in [0.2, 0.25) is 0 Å². The Hall–Kier alpha value is -0.650. The molecular formula is C15H23NO2S2. The molecular weight excluding hydrogens is 290 g/mol. The van der Waals surface area contributed by atoms with Crippen LogP contribution < -0.4 is 4.72 Å². The third kappa shape index (κ3) is 4.17. The van der Waals surface area contributed by atoms with E-state index in [2.05, 4.69) is 28.3 Å². The van der Waals surface area contributed by atoms with Crippen LogP contribution in [0.5, 0.6) is 0 Å². The average molecular weight is 313 g/mol. The molecule has 3 nitrogen and oxygen atoms in total. The van der Waals surface area contributed by atoms with E-state index in [1.807, 2.05) is 0 Å². The minimum absolute atomic E-state index is 0.348. The topological polar surface area (TPSA) is 46.2 Å². The summed E-state index contributed by atoms with van der Waals surface area (Å²) < 4.78 is 26.0. The summed E-state index contributed by atoms with van der Waals surface area (Å²) in [5, 5.41) is 1.77. The van der Waals surface area contributed by atoms with Gasteiger partial charge in [-0.15, -0.1) is 11.3 Å². The summed E-state index contributed by atoms with van der Waals surface area (Å²) in [6.07, 6.45) is 6.60. The lowest BCUT2D eigenvalue weighted by molar-refractivity contribution is 0.447. The van der Waals surface area contributed by atoms with Crippen molar-refractivity contribution in [3.05, 3.63) is 28.5 Å². The molecule has 5 heteroatoms. The number of nitrogens with one attached hydrogen (secondary N) is 1. The molecule has 0 bridgehead atoms. The highest BCUT2D eigenvalue weighted by Crippen LogP contribution is 2.33. The molecule has 1 heterocycles. The number of hydrogen-bond donors (Lipinski definition) is 1. The second-order valence-electron chi connectivity index (χ2n) is 5.62. The quantitative estimate of drug-likeness (QED) is 0.871. The fraction of sp³-hybridized carbons (Fsp3) is 0.600. The van der Waals surface area contributed by atoms with Gasteiger partial charge in [0.1, 0.15) is 0 Å². The number of allylic oxidation sites excluding steroid dienone is 2. The Bertz CT molecular complexity index is 544. The third-order valence-corrected chi connectivity index (χ3v) is 6.63. The predicted molar refractivity (Wildman–Crippen MR) is 86.3 cm³/mol. The summed E-state index contributed by atoms with van der Waals surface area (Å²) in [6.45, 7) is 3.98. The van der Waals surface area contributed by atoms with Crippen LogP contribution in [0.1, 0.15) is 44.4 Å². The normalized spacial score (nSPS) is 20.1. The molecule has 1 aliphatic carbocycles. The summed E-state index contributed by atoms with van der Waals surface area (Å²) in [6, 6.07) is 4.27. The van der Waals surface area contributed by atoms with E-state index in [1.165, 1.54) is 10.5 Å². The molecule has 0 spiro atoms. The maximum Gasteiger partial charge on any atom is 0.213 e. The molecule has 20 heavy (non-hydrogen) atoms. The maximum absolute atomic E-state index is 11.7. The second-order valence-corrected chi connectivity index (χ2v) is 8.89. The molecule has 1 aliphatic rings. The van der Waals surface area contributed by atoms with E-state index in [0.717, 1.165) is 25.7 Å². The zero-order valence-corrected chi connectivity index (χ0v) is 13.8. The lowest BCUT2D eigenvalue weighted by Crippen LogP contribution is -2.32. The van der Waals surface area contributed by atoms with E-state index >= 15 is 0 Å². The molecule has 0 radical (unpaired) electrons. The standard InChI is InChI=1S/C15H23NO2S2/c1-12(2)20(17,18)16-10-9-13-5-7-14(8-6-13)15-4-3-11-19-15/h3-4,7,11-13,16H,5-6,8-10H2,1-2H3. The van der Waals surface area contributed by atoms with Gasteiger partial charge in [-0.25, -0.2) is 13.1 Å². The van der Waals surface area contributed by atoms with Gasteiger partial charge in [0.25, 0.3) is 0 Å². The van der Waals surface area contributed by atoms with Crippen molar-refractivity contribution in [3.63, 3.8) is 0 Å². The Morgan fingerprint density at radius 3 is 2.80 bits per heavy atom. The predicted octanol–water partition coefficient (Wildman–Crippen LogP) is 3.65. The van der Waals surface area contributed by atoms with E-state index in [1.54, 1.807) is 25.2 Å². The Morgan fingerprint density at radius 2 is 2.25 bits per heavy atom. The summed E-state index contributed by atoms with van der Waals surface area (Å²) in [5.41, 5.74) is 1.46. The van der Waals surface area contributed by atoms with Crippen molar-refractivity contribution < 1.29 is 8.42 Å². The lowest BCUT2D eigenvalue weighted by atomic mass is 9.87. The second kappa shape index (κ2) is 6.87. The maximum atomic E-state index is 11.7. The first-order valence-electron chi connectivity index (χ1n) is 7.20. The van der Waals surface area contributed by atoms with Crippen LogP contribution in [-0.4, -0.2) is 20.2 Å². The van der Waals surface area contributed by atoms with Gasteiger partial charge in [-0.2, -0.15) is 0 Å². The molecule has 1 atom stereocenters. The van der Waals surface area contributed by atoms with Crippen LogP contribution in [-0.2, 0) is 10.0 Å². The van der Waals surface area contributed by atoms with Crippen molar-refractivity contribution in [2.75, 3.05) is 6.54 Å². The first-order chi connectivity index (χ1) is 9.49. The van der Waals surface area contributed by atoms with Gasteiger partial charge in [0.05, 0.1) is 5.25 Å². The monoisotopic (exact) mass is 313 g/mol. The molecule has 0 saturated heterocycles. The van der Waals surface area contributed by atoms with E-state index in [4.69, 9.17) is 0 Å². The van der Waals surface area contributed by atoms with Crippen molar-refractivity contribution in [1.82, 2.24) is 4.72 Å². The summed E-state index contributed by atoms with van der Waals surface area (Å²) in [4.78, 5) is 1.38. The number of thiophene rings is 1. The molecule has 1 N–H and O–H groups in total. The SMILES string of the molecule is CC(C)S(=O)(=O)NCCC1CC=C(c2cccs2)CC1. The molecule has 112 valence electrons. The van der Waals surface area contributed by atoms with Crippen LogP contribution in [0.3, 0.4) is 0 Å². The largest absolute Gasteiger partial charge is 0.215 e. The fourth-order valence-electron chi connectivity index (χ4n) is 2.41. The third-order valence-electron chi connectivity index (χ3n) is 3.83. The van der Waals surface area contributed by atoms with Crippen molar-refractivity contribution in [1.29, 1.82) is 0 Å². The Kier molecular flexibility index (Phi) is 5.41. The summed E-state index contributed by atoms with van der Waals surface area (Å²) >= 11 is 1.80. The summed E-state index contributed by atoms with van der Waals surface area (Å²) in [5.74, 6) is 0.605. The number of rotatable bonds is 6. The van der Waals surface area contributed by atoms with Gasteiger partial charge in [0.2, 0.25) is 10.0 Å². The highest BCUT2D eigenvalue weighted by molar-refractivity contribution is 7.90.